The molecule has 0 aliphatic rings. The zero-order chi connectivity index (χ0) is 30.8. The van der Waals surface area contributed by atoms with Crippen molar-refractivity contribution in [2.24, 2.45) is 0 Å². The Morgan fingerprint density at radius 1 is 0.953 bits per heavy atom. The summed E-state index contributed by atoms with van der Waals surface area (Å²) < 4.78 is 10.5. The normalized spacial score (nSPS) is 11.4. The van der Waals surface area contributed by atoms with Crippen LogP contribution < -0.4 is 15.4 Å². The fourth-order valence-corrected chi connectivity index (χ4v) is 4.46. The summed E-state index contributed by atoms with van der Waals surface area (Å²) in [6, 6.07) is 19.3. The van der Waals surface area contributed by atoms with Crippen LogP contribution in [-0.2, 0) is 16.0 Å². The maximum atomic E-state index is 13.4. The van der Waals surface area contributed by atoms with Crippen molar-refractivity contribution in [1.82, 2.24) is 15.6 Å². The number of rotatable bonds is 11. The van der Waals surface area contributed by atoms with Gasteiger partial charge in [0.1, 0.15) is 5.75 Å². The van der Waals surface area contributed by atoms with E-state index in [1.165, 1.54) is 7.11 Å². The zero-order valence-electron chi connectivity index (χ0n) is 24.4. The number of aliphatic hydroxyl groups is 1. The second-order valence-corrected chi connectivity index (χ2v) is 10.2. The molecule has 0 saturated heterocycles. The highest BCUT2D eigenvalue weighted by molar-refractivity contribution is 5.97. The number of H-pyrrole nitrogens is 1. The molecule has 1 atom stereocenters. The van der Waals surface area contributed by atoms with Gasteiger partial charge in [-0.15, -0.1) is 0 Å². The zero-order valence-corrected chi connectivity index (χ0v) is 24.4. The molecule has 0 aliphatic carbocycles. The van der Waals surface area contributed by atoms with Crippen molar-refractivity contribution in [2.45, 2.75) is 38.8 Å². The van der Waals surface area contributed by atoms with Crippen LogP contribution in [-0.4, -0.2) is 60.3 Å². The predicted octanol–water partition coefficient (Wildman–Crippen LogP) is 3.98. The summed E-state index contributed by atoms with van der Waals surface area (Å²) in [5, 5.41) is 16.7. The number of ether oxygens (including phenoxy) is 2. The number of esters is 1. The molecule has 4 aromatic rings. The van der Waals surface area contributed by atoms with Crippen LogP contribution in [0.2, 0.25) is 0 Å². The topological polar surface area (TPSA) is 130 Å². The summed E-state index contributed by atoms with van der Waals surface area (Å²) in [4.78, 5) is 40.2. The molecular weight excluding hydrogens is 546 g/mol. The molecule has 0 bridgehead atoms. The van der Waals surface area contributed by atoms with Gasteiger partial charge in [0.25, 0.3) is 11.8 Å². The Morgan fingerprint density at radius 3 is 2.40 bits per heavy atom. The number of aromatic amines is 1. The molecule has 1 aromatic heterocycles. The van der Waals surface area contributed by atoms with Gasteiger partial charge in [-0.3, -0.25) is 14.4 Å². The predicted molar refractivity (Wildman–Crippen MR) is 164 cm³/mol. The second kappa shape index (κ2) is 14.7. The quantitative estimate of drug-likeness (QED) is 0.157. The molecule has 0 unspecified atom stereocenters. The largest absolute Gasteiger partial charge is 0.490 e. The minimum absolute atomic E-state index is 0.0948. The number of carbonyl (C=O) groups excluding carboxylic acids is 3. The molecule has 2 amide bonds. The Bertz CT molecular complexity index is 1650. The Morgan fingerprint density at radius 2 is 1.67 bits per heavy atom. The Labute approximate surface area is 250 Å². The van der Waals surface area contributed by atoms with Crippen molar-refractivity contribution in [3.05, 3.63) is 101 Å². The third-order valence-electron chi connectivity index (χ3n) is 6.62. The van der Waals surface area contributed by atoms with Crippen LogP contribution in [0.5, 0.6) is 5.75 Å². The second-order valence-electron chi connectivity index (χ2n) is 10.2. The maximum absolute atomic E-state index is 13.4. The molecule has 222 valence electrons. The molecule has 0 radical (unpaired) electrons. The van der Waals surface area contributed by atoms with Gasteiger partial charge in [0.2, 0.25) is 0 Å². The summed E-state index contributed by atoms with van der Waals surface area (Å²) in [5.41, 5.74) is 4.03. The number of para-hydroxylation sites is 1. The minimum atomic E-state index is -0.510. The lowest BCUT2D eigenvalue weighted by Gasteiger charge is -2.19. The van der Waals surface area contributed by atoms with Crippen molar-refractivity contribution < 1.29 is 29.0 Å². The fraction of sp³-hybridized carbons (Fsp3) is 0.265. The smallest absolute Gasteiger partial charge is 0.307 e. The Kier molecular flexibility index (Phi) is 10.6. The Balaban J connectivity index is 1.47. The lowest BCUT2D eigenvalue weighted by Crippen LogP contribution is -2.39. The van der Waals surface area contributed by atoms with Crippen LogP contribution in [0.4, 0.5) is 0 Å². The third kappa shape index (κ3) is 8.47. The summed E-state index contributed by atoms with van der Waals surface area (Å²) >= 11 is 0. The first-order chi connectivity index (χ1) is 20.8. The SMILES string of the molecule is COC(=O)CCNC(=O)c1ccc(C#Cc2ccc(OC(C)C)c(C(=O)N[C@@H](CO)Cc3c[nH]c4ccccc34)c2)cc1. The van der Waals surface area contributed by atoms with Gasteiger partial charge in [-0.25, -0.2) is 0 Å². The average molecular weight is 582 g/mol. The van der Waals surface area contributed by atoms with Crippen LogP contribution in [0, 0.1) is 11.8 Å². The number of amides is 2. The highest BCUT2D eigenvalue weighted by Crippen LogP contribution is 2.23. The lowest BCUT2D eigenvalue weighted by molar-refractivity contribution is -0.140. The van der Waals surface area contributed by atoms with Crippen LogP contribution >= 0.6 is 0 Å². The standard InChI is InChI=1S/C34H35N3O6/c1-22(2)43-31-15-12-24(9-8-23-10-13-25(14-11-23)33(40)35-17-16-32(39)42-3)18-29(31)34(41)37-27(21-38)19-26-20-36-30-7-5-4-6-28(26)30/h4-7,10-15,18,20,22,27,36,38H,16-17,19,21H2,1-3H3,(H,35,40)(H,37,41)/t27-/m1/s1. The first kappa shape index (κ1) is 30.9. The van der Waals surface area contributed by atoms with Gasteiger partial charge in [0.05, 0.1) is 37.8 Å². The monoisotopic (exact) mass is 581 g/mol. The van der Waals surface area contributed by atoms with Crippen molar-refractivity contribution >= 4 is 28.7 Å². The van der Waals surface area contributed by atoms with E-state index >= 15 is 0 Å². The van der Waals surface area contributed by atoms with Gasteiger partial charge in [-0.1, -0.05) is 30.0 Å². The van der Waals surface area contributed by atoms with E-state index in [2.05, 4.69) is 32.2 Å². The molecule has 4 N–H and O–H groups in total. The van der Waals surface area contributed by atoms with Crippen molar-refractivity contribution in [2.75, 3.05) is 20.3 Å². The first-order valence-electron chi connectivity index (χ1n) is 14.0. The number of nitrogens with one attached hydrogen (secondary N) is 3. The van der Waals surface area contributed by atoms with E-state index in [-0.39, 0.29) is 37.5 Å². The van der Waals surface area contributed by atoms with Crippen molar-refractivity contribution in [3.8, 4) is 17.6 Å². The van der Waals surface area contributed by atoms with Crippen LogP contribution in [0.1, 0.15) is 57.7 Å². The van der Waals surface area contributed by atoms with Gasteiger partial charge in [-0.05, 0) is 74.4 Å². The number of benzene rings is 3. The molecule has 0 saturated carbocycles. The summed E-state index contributed by atoms with van der Waals surface area (Å²) in [7, 11) is 1.30. The van der Waals surface area contributed by atoms with Crippen molar-refractivity contribution in [3.63, 3.8) is 0 Å². The van der Waals surface area contributed by atoms with Gasteiger partial charge in [0, 0.05) is 40.3 Å². The number of hydrogen-bond acceptors (Lipinski definition) is 6. The summed E-state index contributed by atoms with van der Waals surface area (Å²) in [6.45, 7) is 3.71. The minimum Gasteiger partial charge on any atom is -0.490 e. The van der Waals surface area contributed by atoms with E-state index in [0.717, 1.165) is 16.5 Å². The average Bonchev–Trinajstić information content (AvgIpc) is 3.42. The van der Waals surface area contributed by atoms with E-state index < -0.39 is 12.0 Å². The number of carbonyl (C=O) groups is 3. The number of methoxy groups -OCH3 is 1. The third-order valence-corrected chi connectivity index (χ3v) is 6.62. The van der Waals surface area contributed by atoms with Crippen molar-refractivity contribution in [1.29, 1.82) is 0 Å². The first-order valence-corrected chi connectivity index (χ1v) is 14.0. The molecule has 0 fully saturated rings. The Hall–Kier alpha value is -5.07. The highest BCUT2D eigenvalue weighted by atomic mass is 16.5. The number of aromatic nitrogens is 1. The van der Waals surface area contributed by atoms with Crippen LogP contribution in [0.3, 0.4) is 0 Å². The van der Waals surface area contributed by atoms with Gasteiger partial charge >= 0.3 is 5.97 Å². The summed E-state index contributed by atoms with van der Waals surface area (Å²) in [6.07, 6.45) is 2.29. The molecule has 9 heteroatoms. The van der Waals surface area contributed by atoms with Gasteiger partial charge in [-0.2, -0.15) is 0 Å². The highest BCUT2D eigenvalue weighted by Gasteiger charge is 2.20. The molecular formula is C34H35N3O6. The van der Waals surface area contributed by atoms with Gasteiger partial charge < -0.3 is 30.2 Å². The van der Waals surface area contributed by atoms with E-state index in [0.29, 0.717) is 34.4 Å². The van der Waals surface area contributed by atoms with Gasteiger partial charge in [0.15, 0.2) is 0 Å². The van der Waals surface area contributed by atoms with Crippen LogP contribution in [0.25, 0.3) is 10.9 Å². The molecule has 3 aromatic carbocycles. The maximum Gasteiger partial charge on any atom is 0.307 e. The number of hydrogen-bond donors (Lipinski definition) is 4. The number of aliphatic hydroxyl groups excluding tert-OH is 1. The van der Waals surface area contributed by atoms with E-state index in [4.69, 9.17) is 4.74 Å². The van der Waals surface area contributed by atoms with E-state index in [1.54, 1.807) is 42.5 Å². The van der Waals surface area contributed by atoms with Crippen LogP contribution in [0.15, 0.2) is 72.9 Å². The molecule has 9 nitrogen and oxygen atoms in total. The fourth-order valence-electron chi connectivity index (χ4n) is 4.46. The number of fused-ring (bicyclic) bond motifs is 1. The molecule has 0 spiro atoms. The molecule has 4 rings (SSSR count). The molecule has 43 heavy (non-hydrogen) atoms. The molecule has 0 aliphatic heterocycles. The summed E-state index contributed by atoms with van der Waals surface area (Å²) in [5.74, 6) is 5.48. The molecule has 1 heterocycles. The lowest BCUT2D eigenvalue weighted by atomic mass is 10.0. The van der Waals surface area contributed by atoms with E-state index in [1.807, 2.05) is 44.3 Å². The van der Waals surface area contributed by atoms with E-state index in [9.17, 15) is 19.5 Å².